The molecule has 4 nitrogen and oxygen atoms in total. The molecule has 0 radical (unpaired) electrons. The highest BCUT2D eigenvalue weighted by molar-refractivity contribution is 9.10. The first-order valence-electron chi connectivity index (χ1n) is 6.35. The van der Waals surface area contributed by atoms with Crippen LogP contribution in [0.5, 0.6) is 0 Å². The average molecular weight is 367 g/mol. The summed E-state index contributed by atoms with van der Waals surface area (Å²) in [5.41, 5.74) is 2.07. The summed E-state index contributed by atoms with van der Waals surface area (Å²) in [6.07, 6.45) is 2.05. The second-order valence-electron chi connectivity index (χ2n) is 4.56. The van der Waals surface area contributed by atoms with Crippen LogP contribution in [-0.2, 0) is 0 Å². The lowest BCUT2D eigenvalue weighted by molar-refractivity contribution is -0.384. The summed E-state index contributed by atoms with van der Waals surface area (Å²) < 4.78 is 0.685. The van der Waals surface area contributed by atoms with Crippen LogP contribution in [-0.4, -0.2) is 11.2 Å². The number of nitro benzene ring substituents is 1. The molecule has 1 N–H and O–H groups in total. The summed E-state index contributed by atoms with van der Waals surface area (Å²) >= 11 is 5.08. The highest BCUT2D eigenvalue weighted by Gasteiger charge is 2.11. The quantitative estimate of drug-likeness (QED) is 0.445. The first kappa shape index (κ1) is 15.9. The highest BCUT2D eigenvalue weighted by atomic mass is 79.9. The van der Waals surface area contributed by atoms with Crippen molar-refractivity contribution in [2.45, 2.75) is 17.9 Å². The van der Waals surface area contributed by atoms with Gasteiger partial charge in [0.1, 0.15) is 0 Å². The number of benzene rings is 2. The number of non-ortho nitro benzene ring substituents is 1. The zero-order valence-corrected chi connectivity index (χ0v) is 14.1. The van der Waals surface area contributed by atoms with E-state index in [1.165, 1.54) is 17.0 Å². The number of halogens is 1. The smallest absolute Gasteiger partial charge is 0.270 e. The fourth-order valence-corrected chi connectivity index (χ4v) is 2.83. The maximum Gasteiger partial charge on any atom is 0.270 e. The summed E-state index contributed by atoms with van der Waals surface area (Å²) in [7, 11) is 0. The van der Waals surface area contributed by atoms with Crippen molar-refractivity contribution in [2.75, 3.05) is 11.6 Å². The molecule has 6 heteroatoms. The predicted octanol–water partition coefficient (Wildman–Crippen LogP) is 5.25. The predicted molar refractivity (Wildman–Crippen MR) is 91.1 cm³/mol. The van der Waals surface area contributed by atoms with Crippen molar-refractivity contribution in [3.8, 4) is 0 Å². The largest absolute Gasteiger partial charge is 0.378 e. The minimum absolute atomic E-state index is 0.0735. The SMILES string of the molecule is CSc1ccc(C(C)Nc2ccc([N+](=O)[O-])cc2Br)cc1. The number of rotatable bonds is 5. The van der Waals surface area contributed by atoms with Crippen molar-refractivity contribution >= 4 is 39.1 Å². The molecule has 1 unspecified atom stereocenters. The molecule has 2 aromatic rings. The van der Waals surface area contributed by atoms with Gasteiger partial charge >= 0.3 is 0 Å². The highest BCUT2D eigenvalue weighted by Crippen LogP contribution is 2.30. The Hall–Kier alpha value is -1.53. The van der Waals surface area contributed by atoms with E-state index in [1.54, 1.807) is 17.8 Å². The van der Waals surface area contributed by atoms with E-state index in [2.05, 4.69) is 52.4 Å². The number of nitrogens with zero attached hydrogens (tertiary/aromatic N) is 1. The van der Waals surface area contributed by atoms with Crippen molar-refractivity contribution in [1.82, 2.24) is 0 Å². The fourth-order valence-electron chi connectivity index (χ4n) is 1.94. The van der Waals surface area contributed by atoms with E-state index in [0.29, 0.717) is 4.47 Å². The van der Waals surface area contributed by atoms with Crippen LogP contribution in [0.15, 0.2) is 51.8 Å². The van der Waals surface area contributed by atoms with E-state index in [4.69, 9.17) is 0 Å². The third kappa shape index (κ3) is 3.98. The van der Waals surface area contributed by atoms with Crippen molar-refractivity contribution in [2.24, 2.45) is 0 Å². The first-order valence-corrected chi connectivity index (χ1v) is 8.37. The van der Waals surface area contributed by atoms with Gasteiger partial charge in [-0.2, -0.15) is 0 Å². The standard InChI is InChI=1S/C15H15BrN2O2S/c1-10(11-3-6-13(21-2)7-4-11)17-15-8-5-12(18(19)20)9-14(15)16/h3-10,17H,1-2H3. The van der Waals surface area contributed by atoms with Crippen LogP contribution >= 0.6 is 27.7 Å². The molecule has 0 saturated heterocycles. The normalized spacial score (nSPS) is 12.0. The molecule has 1 atom stereocenters. The second kappa shape index (κ2) is 6.95. The third-order valence-corrected chi connectivity index (χ3v) is 4.55. The molecule has 0 fully saturated rings. The number of nitro groups is 1. The maximum atomic E-state index is 10.7. The molecule has 0 aromatic heterocycles. The second-order valence-corrected chi connectivity index (χ2v) is 6.29. The van der Waals surface area contributed by atoms with Crippen LogP contribution in [0.4, 0.5) is 11.4 Å². The van der Waals surface area contributed by atoms with Crippen molar-refractivity contribution in [3.05, 3.63) is 62.6 Å². The van der Waals surface area contributed by atoms with Gasteiger partial charge in [-0.25, -0.2) is 0 Å². The zero-order chi connectivity index (χ0) is 15.4. The maximum absolute atomic E-state index is 10.7. The lowest BCUT2D eigenvalue weighted by Crippen LogP contribution is -2.07. The molecule has 0 amide bonds. The van der Waals surface area contributed by atoms with Gasteiger partial charge in [0.25, 0.3) is 5.69 Å². The Labute approximate surface area is 136 Å². The molecular formula is C15H15BrN2O2S. The third-order valence-electron chi connectivity index (χ3n) is 3.15. The van der Waals surface area contributed by atoms with E-state index in [0.717, 1.165) is 11.3 Å². The first-order chi connectivity index (χ1) is 10.0. The molecule has 0 aliphatic rings. The van der Waals surface area contributed by atoms with Gasteiger partial charge in [0.15, 0.2) is 0 Å². The molecular weight excluding hydrogens is 352 g/mol. The number of hydrogen-bond donors (Lipinski definition) is 1. The van der Waals surface area contributed by atoms with E-state index in [-0.39, 0.29) is 11.7 Å². The van der Waals surface area contributed by atoms with Crippen molar-refractivity contribution < 1.29 is 4.92 Å². The molecule has 0 bridgehead atoms. The summed E-state index contributed by atoms with van der Waals surface area (Å²) in [4.78, 5) is 11.6. The Bertz CT molecular complexity index is 647. The molecule has 0 aliphatic carbocycles. The molecule has 0 heterocycles. The minimum Gasteiger partial charge on any atom is -0.378 e. The van der Waals surface area contributed by atoms with Crippen LogP contribution in [0, 0.1) is 10.1 Å². The van der Waals surface area contributed by atoms with Gasteiger partial charge in [-0.3, -0.25) is 10.1 Å². The molecule has 0 saturated carbocycles. The van der Waals surface area contributed by atoms with E-state index < -0.39 is 4.92 Å². The Balaban J connectivity index is 2.14. The van der Waals surface area contributed by atoms with Crippen molar-refractivity contribution in [1.29, 1.82) is 0 Å². The topological polar surface area (TPSA) is 55.2 Å². The monoisotopic (exact) mass is 366 g/mol. The Morgan fingerprint density at radius 3 is 2.43 bits per heavy atom. The lowest BCUT2D eigenvalue weighted by atomic mass is 10.1. The Kier molecular flexibility index (Phi) is 5.25. The van der Waals surface area contributed by atoms with Crippen LogP contribution < -0.4 is 5.32 Å². The van der Waals surface area contributed by atoms with Gasteiger partial charge < -0.3 is 5.32 Å². The number of anilines is 1. The van der Waals surface area contributed by atoms with E-state index >= 15 is 0 Å². The Morgan fingerprint density at radius 1 is 1.24 bits per heavy atom. The zero-order valence-electron chi connectivity index (χ0n) is 11.7. The number of hydrogen-bond acceptors (Lipinski definition) is 4. The Morgan fingerprint density at radius 2 is 1.90 bits per heavy atom. The van der Waals surface area contributed by atoms with Gasteiger partial charge in [-0.15, -0.1) is 11.8 Å². The van der Waals surface area contributed by atoms with Crippen LogP contribution in [0.3, 0.4) is 0 Å². The lowest BCUT2D eigenvalue weighted by Gasteiger charge is -2.17. The summed E-state index contributed by atoms with van der Waals surface area (Å²) in [6, 6.07) is 13.2. The van der Waals surface area contributed by atoms with Gasteiger partial charge in [0.2, 0.25) is 0 Å². The van der Waals surface area contributed by atoms with Crippen molar-refractivity contribution in [3.63, 3.8) is 0 Å². The number of nitrogens with one attached hydrogen (secondary N) is 1. The van der Waals surface area contributed by atoms with Crippen LogP contribution in [0.2, 0.25) is 0 Å². The molecule has 110 valence electrons. The summed E-state index contributed by atoms with van der Waals surface area (Å²) in [6.45, 7) is 2.06. The van der Waals surface area contributed by atoms with Gasteiger partial charge in [-0.05, 0) is 52.9 Å². The van der Waals surface area contributed by atoms with E-state index in [1.807, 2.05) is 6.26 Å². The van der Waals surface area contributed by atoms with Crippen LogP contribution in [0.25, 0.3) is 0 Å². The van der Waals surface area contributed by atoms with Gasteiger partial charge in [0, 0.05) is 33.2 Å². The molecule has 21 heavy (non-hydrogen) atoms. The summed E-state index contributed by atoms with van der Waals surface area (Å²) in [5, 5.41) is 14.1. The fraction of sp³-hybridized carbons (Fsp3) is 0.200. The average Bonchev–Trinajstić information content (AvgIpc) is 2.49. The molecule has 0 aliphatic heterocycles. The molecule has 0 spiro atoms. The van der Waals surface area contributed by atoms with E-state index in [9.17, 15) is 10.1 Å². The van der Waals surface area contributed by atoms with Gasteiger partial charge in [0.05, 0.1) is 4.92 Å². The number of thioether (sulfide) groups is 1. The van der Waals surface area contributed by atoms with Crippen LogP contribution in [0.1, 0.15) is 18.5 Å². The molecule has 2 aromatic carbocycles. The van der Waals surface area contributed by atoms with Gasteiger partial charge in [-0.1, -0.05) is 12.1 Å². The minimum atomic E-state index is -0.404. The summed E-state index contributed by atoms with van der Waals surface area (Å²) in [5.74, 6) is 0. The molecule has 2 rings (SSSR count).